The molecule has 1 heterocycles. The first-order valence-corrected chi connectivity index (χ1v) is 10.9. The summed E-state index contributed by atoms with van der Waals surface area (Å²) in [5.41, 5.74) is 3.61. The molecule has 4 rings (SSSR count). The predicted molar refractivity (Wildman–Crippen MR) is 129 cm³/mol. The van der Waals surface area contributed by atoms with Crippen LogP contribution in [0.2, 0.25) is 0 Å². The smallest absolute Gasteiger partial charge is 0.335 e. The van der Waals surface area contributed by atoms with E-state index in [2.05, 4.69) is 5.32 Å². The Labute approximate surface area is 202 Å². The molecule has 35 heavy (non-hydrogen) atoms. The maximum absolute atomic E-state index is 12.8. The monoisotopic (exact) mass is 472 g/mol. The maximum Gasteiger partial charge on any atom is 0.335 e. The highest BCUT2D eigenvalue weighted by Gasteiger charge is 2.33. The lowest BCUT2D eigenvalue weighted by Gasteiger charge is -2.12. The van der Waals surface area contributed by atoms with E-state index >= 15 is 0 Å². The van der Waals surface area contributed by atoms with Crippen LogP contribution < -0.4 is 14.8 Å². The summed E-state index contributed by atoms with van der Waals surface area (Å²) in [7, 11) is 1.50. The Morgan fingerprint density at radius 1 is 1.00 bits per heavy atom. The van der Waals surface area contributed by atoms with Crippen molar-refractivity contribution in [2.75, 3.05) is 7.11 Å². The second-order valence-corrected chi connectivity index (χ2v) is 8.07. The molecule has 0 atom stereocenters. The van der Waals surface area contributed by atoms with Gasteiger partial charge in [-0.15, -0.1) is 0 Å². The normalized spacial score (nSPS) is 14.2. The molecule has 8 heteroatoms. The Kier molecular flexibility index (Phi) is 6.82. The van der Waals surface area contributed by atoms with Crippen molar-refractivity contribution >= 4 is 24.0 Å². The predicted octanol–water partition coefficient (Wildman–Crippen LogP) is 4.37. The minimum Gasteiger partial charge on any atom is -0.493 e. The molecular weight excluding hydrogens is 448 g/mol. The average molecular weight is 472 g/mol. The summed E-state index contributed by atoms with van der Waals surface area (Å²) in [4.78, 5) is 37.6. The summed E-state index contributed by atoms with van der Waals surface area (Å²) in [5, 5.41) is 11.8. The number of aryl methyl sites for hydroxylation is 1. The van der Waals surface area contributed by atoms with Crippen LogP contribution in [-0.4, -0.2) is 35.0 Å². The second-order valence-electron chi connectivity index (χ2n) is 8.07. The lowest BCUT2D eigenvalue weighted by Crippen LogP contribution is -2.30. The number of nitrogens with zero attached hydrogens (tertiary/aromatic N) is 1. The van der Waals surface area contributed by atoms with Crippen LogP contribution in [0.25, 0.3) is 6.08 Å². The fraction of sp³-hybridized carbons (Fsp3) is 0.148. The number of carboxylic acid groups (broad SMARTS) is 1. The Bertz CT molecular complexity index is 1330. The third-order valence-electron chi connectivity index (χ3n) is 5.45. The van der Waals surface area contributed by atoms with E-state index in [0.717, 1.165) is 11.1 Å². The summed E-state index contributed by atoms with van der Waals surface area (Å²) >= 11 is 0. The molecule has 178 valence electrons. The van der Waals surface area contributed by atoms with E-state index in [4.69, 9.17) is 14.6 Å². The molecule has 3 aromatic rings. The fourth-order valence-corrected chi connectivity index (χ4v) is 3.72. The van der Waals surface area contributed by atoms with Gasteiger partial charge in [0.05, 0.1) is 19.2 Å². The highest BCUT2D eigenvalue weighted by molar-refractivity contribution is 6.13. The van der Waals surface area contributed by atoms with Gasteiger partial charge in [0.25, 0.3) is 5.91 Å². The van der Waals surface area contributed by atoms with Gasteiger partial charge in [-0.1, -0.05) is 48.0 Å². The molecule has 0 aliphatic carbocycles. The first-order chi connectivity index (χ1) is 16.8. The molecule has 0 unspecified atom stereocenters. The Morgan fingerprint density at radius 3 is 2.51 bits per heavy atom. The number of urea groups is 1. The number of carbonyl (C=O) groups is 3. The number of carbonyl (C=O) groups excluding carboxylic acids is 2. The van der Waals surface area contributed by atoms with Gasteiger partial charge in [0.2, 0.25) is 0 Å². The molecule has 0 spiro atoms. The van der Waals surface area contributed by atoms with Gasteiger partial charge in [-0.2, -0.15) is 0 Å². The van der Waals surface area contributed by atoms with Crippen LogP contribution in [0.3, 0.4) is 0 Å². The van der Waals surface area contributed by atoms with Gasteiger partial charge >= 0.3 is 12.0 Å². The molecule has 0 aromatic heterocycles. The summed E-state index contributed by atoms with van der Waals surface area (Å²) in [6.45, 7) is 2.29. The van der Waals surface area contributed by atoms with E-state index in [1.165, 1.54) is 18.1 Å². The van der Waals surface area contributed by atoms with Crippen LogP contribution >= 0.6 is 0 Å². The van der Waals surface area contributed by atoms with Crippen LogP contribution in [0.15, 0.2) is 72.4 Å². The summed E-state index contributed by atoms with van der Waals surface area (Å²) in [6.07, 6.45) is 1.58. The van der Waals surface area contributed by atoms with Crippen molar-refractivity contribution < 1.29 is 29.0 Å². The molecule has 2 N–H and O–H groups in total. The van der Waals surface area contributed by atoms with E-state index in [1.54, 1.807) is 42.5 Å². The van der Waals surface area contributed by atoms with Crippen molar-refractivity contribution in [3.63, 3.8) is 0 Å². The highest BCUT2D eigenvalue weighted by atomic mass is 16.5. The van der Waals surface area contributed by atoms with Gasteiger partial charge in [0.1, 0.15) is 12.3 Å². The third kappa shape index (κ3) is 5.50. The number of carboxylic acids is 1. The van der Waals surface area contributed by atoms with Crippen LogP contribution in [0.5, 0.6) is 11.5 Å². The third-order valence-corrected chi connectivity index (χ3v) is 5.45. The summed E-state index contributed by atoms with van der Waals surface area (Å²) in [6, 6.07) is 18.8. The van der Waals surface area contributed by atoms with E-state index in [1.807, 2.05) is 31.2 Å². The second kappa shape index (κ2) is 10.1. The number of nitrogens with one attached hydrogen (secondary N) is 1. The number of aromatic carboxylic acids is 1. The Balaban J connectivity index is 1.48. The van der Waals surface area contributed by atoms with Gasteiger partial charge < -0.3 is 19.9 Å². The summed E-state index contributed by atoms with van der Waals surface area (Å²) in [5.74, 6) is -0.526. The zero-order valence-electron chi connectivity index (χ0n) is 19.3. The Hall–Kier alpha value is -4.59. The van der Waals surface area contributed by atoms with Crippen LogP contribution in [0.1, 0.15) is 32.6 Å². The summed E-state index contributed by atoms with van der Waals surface area (Å²) < 4.78 is 11.3. The lowest BCUT2D eigenvalue weighted by atomic mass is 10.1. The molecule has 1 aliphatic heterocycles. The van der Waals surface area contributed by atoms with Crippen LogP contribution in [-0.2, 0) is 17.9 Å². The molecule has 1 fully saturated rings. The molecule has 0 radical (unpaired) electrons. The SMILES string of the molecule is COc1cc(/C=C2/NC(=O)N(Cc3cccc(C)c3)C2=O)ccc1OCc1cccc(C(=O)O)c1. The van der Waals surface area contributed by atoms with Gasteiger partial charge in [0.15, 0.2) is 11.5 Å². The van der Waals surface area contributed by atoms with Gasteiger partial charge in [-0.3, -0.25) is 9.69 Å². The topological polar surface area (TPSA) is 105 Å². The lowest BCUT2D eigenvalue weighted by molar-refractivity contribution is -0.123. The van der Waals surface area contributed by atoms with Crippen LogP contribution in [0.4, 0.5) is 4.79 Å². The minimum atomic E-state index is -1.01. The molecule has 0 saturated carbocycles. The number of rotatable bonds is 8. The average Bonchev–Trinajstić information content (AvgIpc) is 3.10. The van der Waals surface area contributed by atoms with E-state index in [0.29, 0.717) is 22.6 Å². The first kappa shape index (κ1) is 23.6. The molecule has 0 bridgehead atoms. The molecule has 8 nitrogen and oxygen atoms in total. The number of ether oxygens (including phenoxy) is 2. The maximum atomic E-state index is 12.8. The quantitative estimate of drug-likeness (QED) is 0.373. The first-order valence-electron chi connectivity index (χ1n) is 10.9. The van der Waals surface area contributed by atoms with Crippen LogP contribution in [0, 0.1) is 6.92 Å². The molecule has 1 saturated heterocycles. The largest absolute Gasteiger partial charge is 0.493 e. The number of methoxy groups -OCH3 is 1. The van der Waals surface area contributed by atoms with Crippen molar-refractivity contribution in [3.8, 4) is 11.5 Å². The van der Waals surface area contributed by atoms with Gasteiger partial charge in [-0.05, 0) is 54.0 Å². The highest BCUT2D eigenvalue weighted by Crippen LogP contribution is 2.30. The number of hydrogen-bond acceptors (Lipinski definition) is 5. The van der Waals surface area contributed by atoms with E-state index < -0.39 is 17.9 Å². The fourth-order valence-electron chi connectivity index (χ4n) is 3.72. The number of hydrogen-bond donors (Lipinski definition) is 2. The molecular formula is C27H24N2O6. The van der Waals surface area contributed by atoms with Gasteiger partial charge in [-0.25, -0.2) is 9.59 Å². The zero-order chi connectivity index (χ0) is 24.9. The van der Waals surface area contributed by atoms with Crippen molar-refractivity contribution in [3.05, 3.63) is 100 Å². The van der Waals surface area contributed by atoms with E-state index in [-0.39, 0.29) is 24.4 Å². The van der Waals surface area contributed by atoms with Crippen molar-refractivity contribution in [1.82, 2.24) is 10.2 Å². The standard InChI is InChI=1S/C27H24N2O6/c1-17-5-3-6-19(11-17)15-29-25(30)22(28-27(29)33)13-18-9-10-23(24(14-18)34-2)35-16-20-7-4-8-21(12-20)26(31)32/h3-14H,15-16H2,1-2H3,(H,28,33)(H,31,32)/b22-13+. The van der Waals surface area contributed by atoms with Gasteiger partial charge in [0, 0.05) is 0 Å². The zero-order valence-corrected chi connectivity index (χ0v) is 19.3. The van der Waals surface area contributed by atoms with E-state index in [9.17, 15) is 14.4 Å². The van der Waals surface area contributed by atoms with Crippen molar-refractivity contribution in [1.29, 1.82) is 0 Å². The number of amides is 3. The van der Waals surface area contributed by atoms with Crippen molar-refractivity contribution in [2.45, 2.75) is 20.1 Å². The molecule has 1 aliphatic rings. The Morgan fingerprint density at radius 2 is 1.77 bits per heavy atom. The number of benzene rings is 3. The number of imide groups is 1. The van der Waals surface area contributed by atoms with Crippen molar-refractivity contribution in [2.24, 2.45) is 0 Å². The molecule has 3 aromatic carbocycles. The minimum absolute atomic E-state index is 0.153. The molecule has 3 amide bonds.